The molecule has 0 spiro atoms. The highest BCUT2D eigenvalue weighted by Gasteiger charge is 2.46. The van der Waals surface area contributed by atoms with Crippen molar-refractivity contribution in [1.82, 2.24) is 4.90 Å². The predicted octanol–water partition coefficient (Wildman–Crippen LogP) is 2.57. The van der Waals surface area contributed by atoms with Crippen LogP contribution in [0.2, 0.25) is 0 Å². The van der Waals surface area contributed by atoms with E-state index in [1.54, 1.807) is 0 Å². The van der Waals surface area contributed by atoms with Crippen LogP contribution >= 0.6 is 12.4 Å². The highest BCUT2D eigenvalue weighted by atomic mass is 35.5. The van der Waals surface area contributed by atoms with Crippen LogP contribution in [0.4, 0.5) is 0 Å². The molecule has 0 aliphatic heterocycles. The van der Waals surface area contributed by atoms with Gasteiger partial charge in [0.25, 0.3) is 0 Å². The summed E-state index contributed by atoms with van der Waals surface area (Å²) >= 11 is 0. The van der Waals surface area contributed by atoms with Gasteiger partial charge < -0.3 is 10.6 Å². The number of halogens is 1. The molecule has 0 radical (unpaired) electrons. The first-order chi connectivity index (χ1) is 7.94. The van der Waals surface area contributed by atoms with Gasteiger partial charge in [-0.05, 0) is 44.4 Å². The van der Waals surface area contributed by atoms with E-state index in [0.717, 1.165) is 25.7 Å². The molecule has 0 bridgehead atoms. The maximum Gasteiger partial charge on any atom is 0.225 e. The zero-order valence-electron chi connectivity index (χ0n) is 11.8. The van der Waals surface area contributed by atoms with E-state index in [-0.39, 0.29) is 24.4 Å². The van der Waals surface area contributed by atoms with Crippen LogP contribution in [0.5, 0.6) is 0 Å². The Labute approximate surface area is 117 Å². The number of hydrogen-bond donors (Lipinski definition) is 1. The van der Waals surface area contributed by atoms with Gasteiger partial charge in [0.05, 0.1) is 0 Å². The fraction of sp³-hybridized carbons (Fsp3) is 0.929. The van der Waals surface area contributed by atoms with Crippen LogP contribution in [-0.4, -0.2) is 29.9 Å². The number of hydrogen-bond acceptors (Lipinski definition) is 2. The van der Waals surface area contributed by atoms with Crippen molar-refractivity contribution in [2.24, 2.45) is 17.1 Å². The maximum atomic E-state index is 12.4. The van der Waals surface area contributed by atoms with Crippen LogP contribution in [0.15, 0.2) is 0 Å². The molecule has 106 valence electrons. The Hall–Kier alpha value is -0.280. The fourth-order valence-corrected chi connectivity index (χ4v) is 3.01. The van der Waals surface area contributed by atoms with Gasteiger partial charge in [0.1, 0.15) is 0 Å². The molecule has 2 fully saturated rings. The maximum absolute atomic E-state index is 12.4. The zero-order chi connectivity index (χ0) is 12.6. The number of nitrogens with two attached hydrogens (primary N) is 1. The Bertz CT molecular complexity index is 304. The minimum absolute atomic E-state index is 0. The van der Waals surface area contributed by atoms with Gasteiger partial charge in [-0.3, -0.25) is 4.79 Å². The smallest absolute Gasteiger partial charge is 0.225 e. The van der Waals surface area contributed by atoms with Gasteiger partial charge in [0, 0.05) is 25.0 Å². The molecule has 1 amide bonds. The van der Waals surface area contributed by atoms with Crippen molar-refractivity contribution in [1.29, 1.82) is 0 Å². The molecular formula is C14H27ClN2O. The third-order valence-corrected chi connectivity index (χ3v) is 5.04. The summed E-state index contributed by atoms with van der Waals surface area (Å²) < 4.78 is 0. The van der Waals surface area contributed by atoms with Gasteiger partial charge in [0.15, 0.2) is 0 Å². The number of carbonyl (C=O) groups is 1. The van der Waals surface area contributed by atoms with Crippen LogP contribution in [0.25, 0.3) is 0 Å². The average molecular weight is 275 g/mol. The summed E-state index contributed by atoms with van der Waals surface area (Å²) in [6, 6.07) is 0.603. The summed E-state index contributed by atoms with van der Waals surface area (Å²) in [6.07, 6.45) is 6.62. The molecule has 0 aromatic heterocycles. The summed E-state index contributed by atoms with van der Waals surface area (Å²) in [7, 11) is 1.97. The lowest BCUT2D eigenvalue weighted by Crippen LogP contribution is -2.45. The Morgan fingerprint density at radius 2 is 2.00 bits per heavy atom. The molecule has 0 heterocycles. The van der Waals surface area contributed by atoms with Gasteiger partial charge in [-0.15, -0.1) is 12.4 Å². The lowest BCUT2D eigenvalue weighted by molar-refractivity contribution is -0.138. The first kappa shape index (κ1) is 15.8. The van der Waals surface area contributed by atoms with Crippen molar-refractivity contribution >= 4 is 18.3 Å². The number of amides is 1. The third kappa shape index (κ3) is 3.18. The van der Waals surface area contributed by atoms with E-state index in [1.165, 1.54) is 12.8 Å². The highest BCUT2D eigenvalue weighted by molar-refractivity contribution is 5.85. The van der Waals surface area contributed by atoms with Gasteiger partial charge >= 0.3 is 0 Å². The molecule has 2 N–H and O–H groups in total. The highest BCUT2D eigenvalue weighted by Crippen LogP contribution is 2.49. The lowest BCUT2D eigenvalue weighted by atomic mass is 9.84. The monoisotopic (exact) mass is 274 g/mol. The largest absolute Gasteiger partial charge is 0.342 e. The Kier molecular flexibility index (Phi) is 5.07. The molecule has 3 atom stereocenters. The molecule has 0 saturated heterocycles. The molecule has 2 saturated carbocycles. The zero-order valence-corrected chi connectivity index (χ0v) is 12.6. The van der Waals surface area contributed by atoms with Crippen LogP contribution in [0, 0.1) is 11.3 Å². The second-order valence-electron chi connectivity index (χ2n) is 6.40. The second-order valence-corrected chi connectivity index (χ2v) is 6.40. The molecule has 2 aliphatic carbocycles. The van der Waals surface area contributed by atoms with Crippen molar-refractivity contribution in [3.63, 3.8) is 0 Å². The minimum Gasteiger partial charge on any atom is -0.342 e. The molecule has 18 heavy (non-hydrogen) atoms. The summed E-state index contributed by atoms with van der Waals surface area (Å²) in [5, 5.41) is 0. The van der Waals surface area contributed by atoms with Gasteiger partial charge in [-0.25, -0.2) is 0 Å². The van der Waals surface area contributed by atoms with E-state index < -0.39 is 0 Å². The van der Waals surface area contributed by atoms with E-state index in [2.05, 4.69) is 13.8 Å². The van der Waals surface area contributed by atoms with Crippen molar-refractivity contribution < 1.29 is 4.79 Å². The van der Waals surface area contributed by atoms with Gasteiger partial charge in [-0.1, -0.05) is 13.3 Å². The molecule has 2 rings (SSSR count). The Morgan fingerprint density at radius 1 is 1.39 bits per heavy atom. The van der Waals surface area contributed by atoms with Crippen LogP contribution < -0.4 is 5.73 Å². The fourth-order valence-electron chi connectivity index (χ4n) is 3.01. The Morgan fingerprint density at radius 3 is 2.50 bits per heavy atom. The summed E-state index contributed by atoms with van der Waals surface area (Å²) in [4.78, 5) is 14.4. The Balaban J connectivity index is 0.00000162. The lowest BCUT2D eigenvalue weighted by Gasteiger charge is -2.35. The summed E-state index contributed by atoms with van der Waals surface area (Å²) in [6.45, 7) is 4.47. The van der Waals surface area contributed by atoms with E-state index in [0.29, 0.717) is 17.4 Å². The van der Waals surface area contributed by atoms with Gasteiger partial charge in [-0.2, -0.15) is 0 Å². The topological polar surface area (TPSA) is 46.3 Å². The van der Waals surface area contributed by atoms with Gasteiger partial charge in [0.2, 0.25) is 5.91 Å². The molecule has 0 aromatic carbocycles. The van der Waals surface area contributed by atoms with E-state index in [4.69, 9.17) is 5.73 Å². The predicted molar refractivity (Wildman–Crippen MR) is 76.8 cm³/mol. The summed E-state index contributed by atoms with van der Waals surface area (Å²) in [5.74, 6) is 0.495. The summed E-state index contributed by atoms with van der Waals surface area (Å²) in [5.41, 5.74) is 6.34. The second kappa shape index (κ2) is 5.79. The number of nitrogens with zero attached hydrogens (tertiary/aromatic N) is 1. The van der Waals surface area contributed by atoms with Crippen molar-refractivity contribution in [2.45, 2.75) is 64.5 Å². The van der Waals surface area contributed by atoms with Crippen molar-refractivity contribution in [3.8, 4) is 0 Å². The van der Waals surface area contributed by atoms with E-state index in [9.17, 15) is 4.79 Å². The van der Waals surface area contributed by atoms with E-state index >= 15 is 0 Å². The molecule has 4 heteroatoms. The first-order valence-electron chi connectivity index (χ1n) is 6.96. The standard InChI is InChI=1S/C14H26N2O.ClH/c1-10(14(2)7-8-14)16(3)13(17)11-5-4-6-12(15)9-11;/h10-12H,4-9,15H2,1-3H3;1H. The quantitative estimate of drug-likeness (QED) is 0.860. The molecule has 3 nitrogen and oxygen atoms in total. The van der Waals surface area contributed by atoms with Crippen molar-refractivity contribution in [3.05, 3.63) is 0 Å². The van der Waals surface area contributed by atoms with E-state index in [1.807, 2.05) is 11.9 Å². The van der Waals surface area contributed by atoms with Crippen LogP contribution in [0.3, 0.4) is 0 Å². The number of rotatable bonds is 3. The first-order valence-corrected chi connectivity index (χ1v) is 6.96. The van der Waals surface area contributed by atoms with Crippen LogP contribution in [-0.2, 0) is 4.79 Å². The molecule has 3 unspecified atom stereocenters. The molecular weight excluding hydrogens is 248 g/mol. The molecule has 2 aliphatic rings. The number of carbonyl (C=O) groups excluding carboxylic acids is 1. The average Bonchev–Trinajstić information content (AvgIpc) is 3.06. The SMILES string of the molecule is CC(N(C)C(=O)C1CCCC(N)C1)C1(C)CC1.Cl. The van der Waals surface area contributed by atoms with Crippen molar-refractivity contribution in [2.75, 3.05) is 7.05 Å². The minimum atomic E-state index is 0. The normalized spacial score (nSPS) is 31.1. The molecule has 0 aromatic rings. The third-order valence-electron chi connectivity index (χ3n) is 5.04. The van der Waals surface area contributed by atoms with Crippen LogP contribution in [0.1, 0.15) is 52.4 Å².